The van der Waals surface area contributed by atoms with Gasteiger partial charge in [0, 0.05) is 0 Å². The second-order valence-electron chi connectivity index (χ2n) is 14.6. The fraction of sp³-hybridized carbons (Fsp3) is 1.00. The molecular formula is C30H48. The third kappa shape index (κ3) is 2.21. The van der Waals surface area contributed by atoms with Crippen molar-refractivity contribution in [1.29, 1.82) is 0 Å². The van der Waals surface area contributed by atoms with Gasteiger partial charge >= 0.3 is 0 Å². The van der Waals surface area contributed by atoms with Crippen LogP contribution >= 0.6 is 0 Å². The van der Waals surface area contributed by atoms with Gasteiger partial charge < -0.3 is 0 Å². The zero-order valence-corrected chi connectivity index (χ0v) is 20.6. The Hall–Kier alpha value is 0. The van der Waals surface area contributed by atoms with E-state index in [-0.39, 0.29) is 0 Å². The van der Waals surface area contributed by atoms with Gasteiger partial charge in [-0.1, -0.05) is 41.5 Å². The summed E-state index contributed by atoms with van der Waals surface area (Å²) in [6, 6.07) is 0. The predicted molar refractivity (Wildman–Crippen MR) is 125 cm³/mol. The van der Waals surface area contributed by atoms with Gasteiger partial charge in [0.15, 0.2) is 0 Å². The van der Waals surface area contributed by atoms with Crippen LogP contribution in [0.1, 0.15) is 80.1 Å². The van der Waals surface area contributed by atoms with E-state index in [0.29, 0.717) is 0 Å². The molecule has 0 heteroatoms. The van der Waals surface area contributed by atoms with Gasteiger partial charge in [0.2, 0.25) is 0 Å². The van der Waals surface area contributed by atoms with Crippen LogP contribution in [0, 0.1) is 107 Å². The van der Waals surface area contributed by atoms with Crippen LogP contribution in [0.5, 0.6) is 0 Å². The van der Waals surface area contributed by atoms with Crippen molar-refractivity contribution in [1.82, 2.24) is 0 Å². The second-order valence-corrected chi connectivity index (χ2v) is 14.6. The number of fused-ring (bicyclic) bond motifs is 18. The van der Waals surface area contributed by atoms with Gasteiger partial charge in [-0.15, -0.1) is 0 Å². The highest BCUT2D eigenvalue weighted by atomic mass is 14.7. The smallest absolute Gasteiger partial charge is 0.0318 e. The highest BCUT2D eigenvalue weighted by Crippen LogP contribution is 2.72. The summed E-state index contributed by atoms with van der Waals surface area (Å²) in [6.45, 7) is 15.2. The Morgan fingerprint density at radius 2 is 0.667 bits per heavy atom. The Balaban J connectivity index is 0.000000108. The molecule has 0 amide bonds. The molecule has 8 aliphatic carbocycles. The lowest BCUT2D eigenvalue weighted by Crippen LogP contribution is -2.38. The average molecular weight is 409 g/mol. The summed E-state index contributed by atoms with van der Waals surface area (Å²) in [4.78, 5) is 0. The molecule has 0 aromatic carbocycles. The molecule has 18 atom stereocenters. The van der Waals surface area contributed by atoms with Crippen LogP contribution in [0.25, 0.3) is 0 Å². The van der Waals surface area contributed by atoms with Crippen molar-refractivity contribution in [2.24, 2.45) is 107 Å². The molecule has 18 unspecified atom stereocenters. The van der Waals surface area contributed by atoms with Gasteiger partial charge in [-0.3, -0.25) is 0 Å². The maximum atomic E-state index is 2.54. The minimum absolute atomic E-state index is 1.04. The summed E-state index contributed by atoms with van der Waals surface area (Å²) in [6.07, 6.45) is 9.60. The quantitative estimate of drug-likeness (QED) is 0.361. The molecule has 8 rings (SSSR count). The molecular weight excluding hydrogens is 360 g/mol. The Morgan fingerprint density at radius 3 is 1.03 bits per heavy atom. The summed E-state index contributed by atoms with van der Waals surface area (Å²) in [5.41, 5.74) is 0. The zero-order chi connectivity index (χ0) is 20.6. The van der Waals surface area contributed by atoms with Crippen molar-refractivity contribution in [2.45, 2.75) is 80.1 Å². The first-order valence-electron chi connectivity index (χ1n) is 14.4. The van der Waals surface area contributed by atoms with Gasteiger partial charge in [-0.05, 0) is 145 Å². The molecule has 0 nitrogen and oxygen atoms in total. The van der Waals surface area contributed by atoms with E-state index < -0.39 is 0 Å². The van der Waals surface area contributed by atoms with E-state index in [1.807, 2.05) is 0 Å². The molecule has 0 spiro atoms. The summed E-state index contributed by atoms with van der Waals surface area (Å²) in [5, 5.41) is 0. The minimum Gasteiger partial charge on any atom is -0.0622 e. The van der Waals surface area contributed by atoms with Crippen molar-refractivity contribution < 1.29 is 0 Å². The van der Waals surface area contributed by atoms with Gasteiger partial charge in [0.25, 0.3) is 0 Å². The van der Waals surface area contributed by atoms with Gasteiger partial charge in [-0.2, -0.15) is 0 Å². The topological polar surface area (TPSA) is 0 Å². The number of hydrogen-bond donors (Lipinski definition) is 0. The van der Waals surface area contributed by atoms with Crippen molar-refractivity contribution in [3.63, 3.8) is 0 Å². The van der Waals surface area contributed by atoms with E-state index >= 15 is 0 Å². The van der Waals surface area contributed by atoms with Crippen LogP contribution in [0.3, 0.4) is 0 Å². The zero-order valence-electron chi connectivity index (χ0n) is 20.6. The van der Waals surface area contributed by atoms with Crippen molar-refractivity contribution >= 4 is 0 Å². The summed E-state index contributed by atoms with van der Waals surface area (Å²) < 4.78 is 0. The predicted octanol–water partition coefficient (Wildman–Crippen LogP) is 7.63. The van der Waals surface area contributed by atoms with E-state index in [2.05, 4.69) is 41.5 Å². The molecule has 0 heterocycles. The van der Waals surface area contributed by atoms with Crippen molar-refractivity contribution in [2.75, 3.05) is 0 Å². The standard InChI is InChI=1S/2C15H24/c2*1-7-4-10-5-11(7)15-13-6-12(14(10)15)8(2)9(13)3/h2*7-15H,4-6H2,1-3H3. The largest absolute Gasteiger partial charge is 0.0622 e. The van der Waals surface area contributed by atoms with Gasteiger partial charge in [0.05, 0.1) is 0 Å². The van der Waals surface area contributed by atoms with Gasteiger partial charge in [-0.25, -0.2) is 0 Å². The van der Waals surface area contributed by atoms with Crippen LogP contribution < -0.4 is 0 Å². The van der Waals surface area contributed by atoms with Crippen LogP contribution in [0.4, 0.5) is 0 Å². The monoisotopic (exact) mass is 408 g/mol. The van der Waals surface area contributed by atoms with Crippen LogP contribution in [-0.2, 0) is 0 Å². The first-order chi connectivity index (χ1) is 14.4. The molecule has 0 saturated heterocycles. The van der Waals surface area contributed by atoms with E-state index in [1.54, 1.807) is 38.5 Å². The molecule has 0 aromatic rings. The molecule has 0 N–H and O–H groups in total. The highest BCUT2D eigenvalue weighted by Gasteiger charge is 2.66. The first kappa shape index (κ1) is 19.5. The molecule has 30 heavy (non-hydrogen) atoms. The highest BCUT2D eigenvalue weighted by molar-refractivity contribution is 5.14. The Morgan fingerprint density at radius 1 is 0.333 bits per heavy atom. The SMILES string of the molecule is CC1CC2CC1C1C3CC(C(C)C3C)C21.CC1CC2CC1C1C3CC(C(C)C3C)C21. The molecule has 8 aliphatic rings. The van der Waals surface area contributed by atoms with E-state index in [9.17, 15) is 0 Å². The third-order valence-electron chi connectivity index (χ3n) is 14.4. The molecule has 8 fully saturated rings. The molecule has 8 bridgehead atoms. The van der Waals surface area contributed by atoms with Gasteiger partial charge in [0.1, 0.15) is 0 Å². The molecule has 8 saturated carbocycles. The summed E-state index contributed by atoms with van der Waals surface area (Å²) in [5.74, 6) is 20.2. The molecule has 168 valence electrons. The lowest BCUT2D eigenvalue weighted by atomic mass is 9.62. The summed E-state index contributed by atoms with van der Waals surface area (Å²) >= 11 is 0. The van der Waals surface area contributed by atoms with Crippen LogP contribution in [-0.4, -0.2) is 0 Å². The molecule has 0 aromatic heterocycles. The van der Waals surface area contributed by atoms with Crippen LogP contribution in [0.2, 0.25) is 0 Å². The second kappa shape index (κ2) is 6.32. The van der Waals surface area contributed by atoms with Crippen molar-refractivity contribution in [3.8, 4) is 0 Å². The summed E-state index contributed by atoms with van der Waals surface area (Å²) in [7, 11) is 0. The van der Waals surface area contributed by atoms with Crippen LogP contribution in [0.15, 0.2) is 0 Å². The fourth-order valence-electron chi connectivity index (χ4n) is 13.1. The molecule has 0 radical (unpaired) electrons. The average Bonchev–Trinajstić information content (AvgIpc) is 3.52. The third-order valence-corrected chi connectivity index (χ3v) is 14.4. The lowest BCUT2D eigenvalue weighted by molar-refractivity contribution is 0.0508. The Labute approximate surface area is 186 Å². The molecule has 0 aliphatic heterocycles. The lowest BCUT2D eigenvalue weighted by Gasteiger charge is -2.43. The minimum atomic E-state index is 1.04. The maximum Gasteiger partial charge on any atom is -0.0318 e. The number of hydrogen-bond acceptors (Lipinski definition) is 0. The van der Waals surface area contributed by atoms with Crippen molar-refractivity contribution in [3.05, 3.63) is 0 Å². The van der Waals surface area contributed by atoms with E-state index in [1.165, 1.54) is 23.7 Å². The first-order valence-corrected chi connectivity index (χ1v) is 14.4. The van der Waals surface area contributed by atoms with E-state index in [0.717, 1.165) is 82.9 Å². The van der Waals surface area contributed by atoms with E-state index in [4.69, 9.17) is 0 Å². The number of rotatable bonds is 0. The fourth-order valence-corrected chi connectivity index (χ4v) is 13.1. The maximum absolute atomic E-state index is 2.54. The Kier molecular flexibility index (Phi) is 4.10. The normalized spacial score (nSPS) is 70.2. The Bertz CT molecular complexity index is 649.